The highest BCUT2D eigenvalue weighted by molar-refractivity contribution is 5.71. The molecule has 1 aliphatic rings. The predicted octanol–water partition coefficient (Wildman–Crippen LogP) is 0.599. The lowest BCUT2D eigenvalue weighted by molar-refractivity contribution is -0.142. The van der Waals surface area contributed by atoms with E-state index in [1.165, 1.54) is 6.42 Å². The van der Waals surface area contributed by atoms with Crippen LogP contribution in [0.3, 0.4) is 0 Å². The molecule has 6 heteroatoms. The Labute approximate surface area is 107 Å². The first kappa shape index (κ1) is 13.0. The number of carbonyl (C=O) groups excluding carboxylic acids is 1. The van der Waals surface area contributed by atoms with Crippen molar-refractivity contribution in [2.75, 3.05) is 13.2 Å². The number of nitrogens with one attached hydrogen (secondary N) is 1. The number of aromatic nitrogens is 3. The minimum atomic E-state index is -0.169. The van der Waals surface area contributed by atoms with Crippen LogP contribution in [0.1, 0.15) is 26.2 Å². The normalized spacial score (nSPS) is 23.2. The molecule has 0 aliphatic heterocycles. The van der Waals surface area contributed by atoms with Crippen molar-refractivity contribution >= 4 is 5.97 Å². The second kappa shape index (κ2) is 6.49. The van der Waals surface area contributed by atoms with Gasteiger partial charge in [-0.25, -0.2) is 4.98 Å². The first-order chi connectivity index (χ1) is 8.78. The van der Waals surface area contributed by atoms with Gasteiger partial charge in [0.15, 0.2) is 0 Å². The number of nitrogens with zero attached hydrogens (tertiary/aromatic N) is 3. The molecule has 2 rings (SSSR count). The number of rotatable bonds is 6. The van der Waals surface area contributed by atoms with Crippen LogP contribution in [-0.4, -0.2) is 39.9 Å². The highest BCUT2D eigenvalue weighted by Gasteiger charge is 2.25. The van der Waals surface area contributed by atoms with Gasteiger partial charge >= 0.3 is 5.97 Å². The summed E-state index contributed by atoms with van der Waals surface area (Å²) in [4.78, 5) is 15.2. The fourth-order valence-corrected chi connectivity index (χ4v) is 2.46. The van der Waals surface area contributed by atoms with Crippen LogP contribution in [0.15, 0.2) is 12.7 Å². The Morgan fingerprint density at radius 1 is 1.56 bits per heavy atom. The summed E-state index contributed by atoms with van der Waals surface area (Å²) < 4.78 is 6.76. The maximum atomic E-state index is 11.2. The first-order valence-electron chi connectivity index (χ1n) is 6.49. The number of hydrogen-bond acceptors (Lipinski definition) is 5. The topological polar surface area (TPSA) is 69.0 Å². The van der Waals surface area contributed by atoms with Crippen molar-refractivity contribution in [3.63, 3.8) is 0 Å². The highest BCUT2D eigenvalue weighted by atomic mass is 16.5. The predicted molar refractivity (Wildman–Crippen MR) is 65.8 cm³/mol. The average Bonchev–Trinajstić information content (AvgIpc) is 2.99. The molecule has 6 nitrogen and oxygen atoms in total. The van der Waals surface area contributed by atoms with Gasteiger partial charge in [-0.2, -0.15) is 5.10 Å². The third kappa shape index (κ3) is 3.80. The van der Waals surface area contributed by atoms with Gasteiger partial charge in [0.2, 0.25) is 0 Å². The van der Waals surface area contributed by atoms with Gasteiger partial charge in [0.05, 0.1) is 13.2 Å². The monoisotopic (exact) mass is 252 g/mol. The van der Waals surface area contributed by atoms with Crippen LogP contribution in [0.25, 0.3) is 0 Å². The summed E-state index contributed by atoms with van der Waals surface area (Å²) in [5, 5.41) is 7.37. The van der Waals surface area contributed by atoms with Gasteiger partial charge in [-0.05, 0) is 32.1 Å². The molecule has 18 heavy (non-hydrogen) atoms. The minimum absolute atomic E-state index is 0.169. The van der Waals surface area contributed by atoms with Gasteiger partial charge in [0.1, 0.15) is 12.7 Å². The molecule has 0 bridgehead atoms. The molecule has 1 heterocycles. The van der Waals surface area contributed by atoms with E-state index in [2.05, 4.69) is 15.4 Å². The molecule has 0 radical (unpaired) electrons. The van der Waals surface area contributed by atoms with Crippen molar-refractivity contribution in [1.29, 1.82) is 0 Å². The highest BCUT2D eigenvalue weighted by Crippen LogP contribution is 2.26. The molecule has 100 valence electrons. The molecule has 1 aromatic heterocycles. The van der Waals surface area contributed by atoms with Crippen molar-refractivity contribution in [3.05, 3.63) is 12.7 Å². The molecular formula is C12H20N4O2. The van der Waals surface area contributed by atoms with E-state index in [9.17, 15) is 4.79 Å². The molecule has 0 amide bonds. The fourth-order valence-electron chi connectivity index (χ4n) is 2.46. The van der Waals surface area contributed by atoms with Gasteiger partial charge in [0, 0.05) is 12.6 Å². The summed E-state index contributed by atoms with van der Waals surface area (Å²) in [6.45, 7) is 3.49. The zero-order valence-corrected chi connectivity index (χ0v) is 10.7. The summed E-state index contributed by atoms with van der Waals surface area (Å²) in [6.07, 6.45) is 6.67. The lowest BCUT2D eigenvalue weighted by Gasteiger charge is -2.12. The lowest BCUT2D eigenvalue weighted by Crippen LogP contribution is -2.33. The van der Waals surface area contributed by atoms with Gasteiger partial charge in [0.25, 0.3) is 0 Å². The molecule has 1 N–H and O–H groups in total. The standard InChI is InChI=1S/C12H20N4O2/c1-2-18-12(17)6-14-11-4-3-10(5-11)7-16-9-13-8-15-16/h8-11,14H,2-7H2,1H3/t10-,11+/m1/s1. The van der Waals surface area contributed by atoms with E-state index in [0.717, 1.165) is 19.4 Å². The molecule has 1 saturated carbocycles. The number of hydrogen-bond donors (Lipinski definition) is 1. The molecule has 1 fully saturated rings. The Morgan fingerprint density at radius 2 is 2.44 bits per heavy atom. The van der Waals surface area contributed by atoms with Gasteiger partial charge < -0.3 is 10.1 Å². The van der Waals surface area contributed by atoms with Crippen LogP contribution >= 0.6 is 0 Å². The quantitative estimate of drug-likeness (QED) is 0.751. The fraction of sp³-hybridized carbons (Fsp3) is 0.750. The van der Waals surface area contributed by atoms with Gasteiger partial charge in [-0.3, -0.25) is 9.48 Å². The zero-order valence-electron chi connectivity index (χ0n) is 10.7. The Morgan fingerprint density at radius 3 is 3.17 bits per heavy atom. The molecule has 0 saturated heterocycles. The average molecular weight is 252 g/mol. The maximum Gasteiger partial charge on any atom is 0.319 e. The van der Waals surface area contributed by atoms with Crippen molar-refractivity contribution in [1.82, 2.24) is 20.1 Å². The molecular weight excluding hydrogens is 232 g/mol. The summed E-state index contributed by atoms with van der Waals surface area (Å²) in [7, 11) is 0. The van der Waals surface area contributed by atoms with Crippen molar-refractivity contribution in [2.24, 2.45) is 5.92 Å². The Balaban J connectivity index is 1.67. The molecule has 0 aromatic carbocycles. The van der Waals surface area contributed by atoms with E-state index in [1.807, 2.05) is 11.6 Å². The third-order valence-electron chi connectivity index (χ3n) is 3.29. The molecule has 1 aromatic rings. The SMILES string of the molecule is CCOC(=O)CN[C@H]1CC[C@@H](Cn2cncn2)C1. The second-order valence-electron chi connectivity index (χ2n) is 4.68. The van der Waals surface area contributed by atoms with Crippen LogP contribution in [0.2, 0.25) is 0 Å². The lowest BCUT2D eigenvalue weighted by atomic mass is 10.1. The van der Waals surface area contributed by atoms with E-state index >= 15 is 0 Å². The van der Waals surface area contributed by atoms with Gasteiger partial charge in [-0.15, -0.1) is 0 Å². The van der Waals surface area contributed by atoms with Crippen molar-refractivity contribution < 1.29 is 9.53 Å². The molecule has 2 atom stereocenters. The van der Waals surface area contributed by atoms with E-state index in [0.29, 0.717) is 25.1 Å². The Hall–Kier alpha value is -1.43. The number of ether oxygens (including phenoxy) is 1. The van der Waals surface area contributed by atoms with Crippen LogP contribution in [0.5, 0.6) is 0 Å². The van der Waals surface area contributed by atoms with E-state index in [4.69, 9.17) is 4.74 Å². The first-order valence-corrected chi connectivity index (χ1v) is 6.49. The third-order valence-corrected chi connectivity index (χ3v) is 3.29. The van der Waals surface area contributed by atoms with Gasteiger partial charge in [-0.1, -0.05) is 0 Å². The second-order valence-corrected chi connectivity index (χ2v) is 4.68. The van der Waals surface area contributed by atoms with E-state index in [-0.39, 0.29) is 5.97 Å². The number of esters is 1. The van der Waals surface area contributed by atoms with Crippen LogP contribution in [-0.2, 0) is 16.1 Å². The summed E-state index contributed by atoms with van der Waals surface area (Å²) in [5.41, 5.74) is 0. The van der Waals surface area contributed by atoms with E-state index in [1.54, 1.807) is 12.7 Å². The summed E-state index contributed by atoms with van der Waals surface area (Å²) >= 11 is 0. The maximum absolute atomic E-state index is 11.2. The Kier molecular flexibility index (Phi) is 4.69. The molecule has 1 aliphatic carbocycles. The van der Waals surface area contributed by atoms with Crippen LogP contribution in [0.4, 0.5) is 0 Å². The van der Waals surface area contributed by atoms with Crippen LogP contribution < -0.4 is 5.32 Å². The van der Waals surface area contributed by atoms with Crippen molar-refractivity contribution in [2.45, 2.75) is 38.8 Å². The largest absolute Gasteiger partial charge is 0.465 e. The number of carbonyl (C=O) groups is 1. The Bertz CT molecular complexity index is 366. The molecule has 0 spiro atoms. The zero-order chi connectivity index (χ0) is 12.8. The van der Waals surface area contributed by atoms with E-state index < -0.39 is 0 Å². The molecule has 0 unspecified atom stereocenters. The summed E-state index contributed by atoms with van der Waals surface area (Å²) in [5.74, 6) is 0.448. The summed E-state index contributed by atoms with van der Waals surface area (Å²) in [6, 6.07) is 0.419. The van der Waals surface area contributed by atoms with Crippen molar-refractivity contribution in [3.8, 4) is 0 Å². The minimum Gasteiger partial charge on any atom is -0.465 e. The van der Waals surface area contributed by atoms with Crippen LogP contribution in [0, 0.1) is 5.92 Å². The smallest absolute Gasteiger partial charge is 0.319 e.